The van der Waals surface area contributed by atoms with E-state index < -0.39 is 0 Å². The van der Waals surface area contributed by atoms with E-state index in [4.69, 9.17) is 14.7 Å². The quantitative estimate of drug-likeness (QED) is 0.595. The summed E-state index contributed by atoms with van der Waals surface area (Å²) >= 11 is 0. The van der Waals surface area contributed by atoms with Gasteiger partial charge in [0.1, 0.15) is 17.3 Å². The van der Waals surface area contributed by atoms with Gasteiger partial charge in [0.15, 0.2) is 5.82 Å². The zero-order valence-electron chi connectivity index (χ0n) is 18.9. The summed E-state index contributed by atoms with van der Waals surface area (Å²) < 4.78 is 21.0. The molecule has 1 aromatic carbocycles. The Morgan fingerprint density at radius 1 is 1.24 bits per heavy atom. The number of ether oxygens (including phenoxy) is 1. The second-order valence-electron chi connectivity index (χ2n) is 8.75. The van der Waals surface area contributed by atoms with Crippen molar-refractivity contribution in [3.8, 4) is 17.0 Å². The maximum absolute atomic E-state index is 13.4. The first-order valence-electron chi connectivity index (χ1n) is 11.2. The zero-order valence-corrected chi connectivity index (χ0v) is 18.9. The summed E-state index contributed by atoms with van der Waals surface area (Å²) in [6.45, 7) is 4.88. The van der Waals surface area contributed by atoms with Crippen molar-refractivity contribution in [2.75, 3.05) is 31.1 Å². The predicted octanol–water partition coefficient (Wildman–Crippen LogP) is 2.83. The first-order chi connectivity index (χ1) is 16.0. The predicted molar refractivity (Wildman–Crippen MR) is 121 cm³/mol. The van der Waals surface area contributed by atoms with Crippen molar-refractivity contribution >= 4 is 11.7 Å². The van der Waals surface area contributed by atoms with Crippen LogP contribution in [0.1, 0.15) is 24.7 Å². The van der Waals surface area contributed by atoms with E-state index in [1.807, 2.05) is 13.2 Å². The number of fused-ring (bicyclic) bond motifs is 1. The number of carbonyl (C=O) groups is 1. The Kier molecular flexibility index (Phi) is 5.70. The maximum Gasteiger partial charge on any atom is 0.219 e. The minimum absolute atomic E-state index is 0.0511. The monoisotopic (exact) mass is 450 g/mol. The lowest BCUT2D eigenvalue weighted by molar-refractivity contribution is -0.129. The van der Waals surface area contributed by atoms with E-state index in [1.165, 1.54) is 12.1 Å². The Bertz CT molecular complexity index is 1180. The van der Waals surface area contributed by atoms with Gasteiger partial charge in [-0.2, -0.15) is 5.10 Å². The number of aromatic nitrogens is 4. The number of halogens is 1. The molecule has 5 rings (SSSR count). The van der Waals surface area contributed by atoms with Crippen molar-refractivity contribution in [3.05, 3.63) is 53.9 Å². The van der Waals surface area contributed by atoms with Gasteiger partial charge in [0.25, 0.3) is 0 Å². The van der Waals surface area contributed by atoms with Gasteiger partial charge in [0.2, 0.25) is 5.91 Å². The molecule has 2 aliphatic rings. The van der Waals surface area contributed by atoms with Crippen LogP contribution in [0.3, 0.4) is 0 Å². The Balaban J connectivity index is 1.38. The molecule has 33 heavy (non-hydrogen) atoms. The largest absolute Gasteiger partial charge is 0.493 e. The number of nitrogens with zero attached hydrogens (tertiary/aromatic N) is 6. The Hall–Kier alpha value is -3.49. The van der Waals surface area contributed by atoms with Crippen LogP contribution in [0.2, 0.25) is 0 Å². The van der Waals surface area contributed by atoms with Gasteiger partial charge < -0.3 is 14.5 Å². The average Bonchev–Trinajstić information content (AvgIpc) is 3.45. The molecule has 2 aliphatic heterocycles. The third-order valence-corrected chi connectivity index (χ3v) is 6.28. The van der Waals surface area contributed by atoms with Gasteiger partial charge in [-0.05, 0) is 18.6 Å². The molecule has 0 N–H and O–H groups in total. The number of carbonyl (C=O) groups excluding carboxylic acids is 1. The maximum atomic E-state index is 13.4. The fourth-order valence-electron chi connectivity index (χ4n) is 4.48. The van der Waals surface area contributed by atoms with Crippen LogP contribution in [0.4, 0.5) is 10.2 Å². The first-order valence-corrected chi connectivity index (χ1v) is 11.2. The average molecular weight is 451 g/mol. The van der Waals surface area contributed by atoms with Crippen LogP contribution >= 0.6 is 0 Å². The lowest BCUT2D eigenvalue weighted by Crippen LogP contribution is -2.36. The molecule has 8 nitrogen and oxygen atoms in total. The summed E-state index contributed by atoms with van der Waals surface area (Å²) in [6.07, 6.45) is 5.39. The summed E-state index contributed by atoms with van der Waals surface area (Å²) in [7, 11) is 1.88. The Labute approximate surface area is 192 Å². The summed E-state index contributed by atoms with van der Waals surface area (Å²) in [5.74, 6) is 1.46. The van der Waals surface area contributed by atoms with Crippen molar-refractivity contribution in [1.82, 2.24) is 24.6 Å². The highest BCUT2D eigenvalue weighted by molar-refractivity contribution is 5.74. The lowest BCUT2D eigenvalue weighted by Gasteiger charge is -2.29. The molecule has 1 amide bonds. The number of aryl methyl sites for hydroxylation is 1. The molecule has 1 unspecified atom stereocenters. The topological polar surface area (TPSA) is 76.4 Å². The number of anilines is 1. The molecule has 9 heteroatoms. The smallest absolute Gasteiger partial charge is 0.219 e. The van der Waals surface area contributed by atoms with Gasteiger partial charge in [-0.25, -0.2) is 14.4 Å². The van der Waals surface area contributed by atoms with Gasteiger partial charge in [-0.3, -0.25) is 9.48 Å². The minimum atomic E-state index is -0.297. The van der Waals surface area contributed by atoms with Crippen LogP contribution in [0.5, 0.6) is 5.75 Å². The number of hydrogen-bond donors (Lipinski definition) is 0. The highest BCUT2D eigenvalue weighted by Crippen LogP contribution is 2.33. The van der Waals surface area contributed by atoms with Crippen molar-refractivity contribution in [3.63, 3.8) is 0 Å². The SMILES string of the molecule is CC(=O)N1CCc2nc(N3CCC(COc4cccc(F)c4)C3)c(-c3cnn(C)c3)nc2C1. The third-order valence-electron chi connectivity index (χ3n) is 6.28. The van der Waals surface area contributed by atoms with E-state index in [9.17, 15) is 9.18 Å². The molecule has 1 fully saturated rings. The van der Waals surface area contributed by atoms with Crippen LogP contribution in [0.15, 0.2) is 36.7 Å². The van der Waals surface area contributed by atoms with Gasteiger partial charge in [0.05, 0.1) is 30.7 Å². The van der Waals surface area contributed by atoms with Crippen LogP contribution in [0, 0.1) is 11.7 Å². The molecular weight excluding hydrogens is 423 g/mol. The van der Waals surface area contributed by atoms with Crippen molar-refractivity contribution in [2.24, 2.45) is 13.0 Å². The van der Waals surface area contributed by atoms with Gasteiger partial charge in [0, 0.05) is 63.8 Å². The van der Waals surface area contributed by atoms with E-state index >= 15 is 0 Å². The third kappa shape index (κ3) is 4.53. The molecule has 1 saturated heterocycles. The highest BCUT2D eigenvalue weighted by Gasteiger charge is 2.30. The summed E-state index contributed by atoms with van der Waals surface area (Å²) in [6, 6.07) is 6.25. The van der Waals surface area contributed by atoms with E-state index in [0.717, 1.165) is 48.0 Å². The van der Waals surface area contributed by atoms with Crippen molar-refractivity contribution < 1.29 is 13.9 Å². The Morgan fingerprint density at radius 3 is 2.88 bits per heavy atom. The van der Waals surface area contributed by atoms with E-state index in [-0.39, 0.29) is 11.7 Å². The summed E-state index contributed by atoms with van der Waals surface area (Å²) in [5, 5.41) is 4.32. The lowest BCUT2D eigenvalue weighted by atomic mass is 10.1. The van der Waals surface area contributed by atoms with Crippen molar-refractivity contribution in [2.45, 2.75) is 26.3 Å². The zero-order chi connectivity index (χ0) is 22.9. The molecule has 2 aromatic heterocycles. The molecule has 0 saturated carbocycles. The van der Waals surface area contributed by atoms with Crippen molar-refractivity contribution in [1.29, 1.82) is 0 Å². The Morgan fingerprint density at radius 2 is 2.12 bits per heavy atom. The number of rotatable bonds is 5. The fraction of sp³-hybridized carbons (Fsp3) is 0.417. The molecular formula is C24H27FN6O2. The highest BCUT2D eigenvalue weighted by atomic mass is 19.1. The molecule has 0 aliphatic carbocycles. The van der Waals surface area contributed by atoms with Gasteiger partial charge in [-0.15, -0.1) is 0 Å². The molecule has 4 heterocycles. The van der Waals surface area contributed by atoms with E-state index in [1.54, 1.807) is 34.8 Å². The van der Waals surface area contributed by atoms with Crippen LogP contribution in [-0.4, -0.2) is 56.8 Å². The van der Waals surface area contributed by atoms with Crippen LogP contribution < -0.4 is 9.64 Å². The van der Waals surface area contributed by atoms with Crippen LogP contribution in [-0.2, 0) is 24.8 Å². The minimum Gasteiger partial charge on any atom is -0.493 e. The fourth-order valence-corrected chi connectivity index (χ4v) is 4.48. The van der Waals surface area contributed by atoms with Gasteiger partial charge in [-0.1, -0.05) is 6.07 Å². The molecule has 1 atom stereocenters. The number of hydrogen-bond acceptors (Lipinski definition) is 6. The normalized spacial score (nSPS) is 17.8. The summed E-state index contributed by atoms with van der Waals surface area (Å²) in [4.78, 5) is 26.0. The number of amides is 1. The second kappa shape index (κ2) is 8.80. The van der Waals surface area contributed by atoms with Crippen LogP contribution in [0.25, 0.3) is 11.3 Å². The molecule has 0 spiro atoms. The molecule has 172 valence electrons. The molecule has 0 bridgehead atoms. The van der Waals surface area contributed by atoms with E-state index in [0.29, 0.717) is 37.8 Å². The standard InChI is InChI=1S/C24H27FN6O2/c1-16(32)30-9-7-21-22(14-30)27-23(18-11-26-29(2)13-18)24(28-21)31-8-6-17(12-31)15-33-20-5-3-4-19(25)10-20/h3-5,10-11,13,17H,6-9,12,14-15H2,1-2H3. The first kappa shape index (κ1) is 21.4. The molecule has 3 aromatic rings. The molecule has 0 radical (unpaired) electrons. The van der Waals surface area contributed by atoms with Gasteiger partial charge >= 0.3 is 0 Å². The van der Waals surface area contributed by atoms with E-state index in [2.05, 4.69) is 10.00 Å². The number of benzene rings is 1. The summed E-state index contributed by atoms with van der Waals surface area (Å²) in [5.41, 5.74) is 3.50. The second-order valence-corrected chi connectivity index (χ2v) is 8.75.